The van der Waals surface area contributed by atoms with E-state index in [1.165, 1.54) is 0 Å². The first-order chi connectivity index (χ1) is 9.90. The second-order valence-electron chi connectivity index (χ2n) is 5.05. The summed E-state index contributed by atoms with van der Waals surface area (Å²) in [7, 11) is 0. The number of hydrogen-bond acceptors (Lipinski definition) is 6. The fourth-order valence-corrected chi connectivity index (χ4v) is 2.63. The van der Waals surface area contributed by atoms with Crippen molar-refractivity contribution in [2.45, 2.75) is 18.8 Å². The third-order valence-corrected chi connectivity index (χ3v) is 3.77. The summed E-state index contributed by atoms with van der Waals surface area (Å²) in [5, 5.41) is 7.46. The van der Waals surface area contributed by atoms with E-state index in [1.54, 1.807) is 0 Å². The minimum Gasteiger partial charge on any atom is -0.454 e. The van der Waals surface area contributed by atoms with Crippen LogP contribution < -0.4 is 14.8 Å². The second-order valence-corrected chi connectivity index (χ2v) is 5.05. The van der Waals surface area contributed by atoms with Crippen molar-refractivity contribution in [2.24, 2.45) is 0 Å². The van der Waals surface area contributed by atoms with Gasteiger partial charge in [-0.15, -0.1) is 0 Å². The molecule has 1 aromatic carbocycles. The Labute approximate surface area is 116 Å². The highest BCUT2D eigenvalue weighted by Gasteiger charge is 2.22. The third kappa shape index (κ3) is 2.02. The number of aromatic nitrogens is 2. The van der Waals surface area contributed by atoms with Gasteiger partial charge in [-0.25, -0.2) is 0 Å². The van der Waals surface area contributed by atoms with Crippen molar-refractivity contribution in [1.82, 2.24) is 15.5 Å². The van der Waals surface area contributed by atoms with E-state index in [4.69, 9.17) is 14.0 Å². The summed E-state index contributed by atoms with van der Waals surface area (Å²) in [5.74, 6) is 3.22. The van der Waals surface area contributed by atoms with Gasteiger partial charge in [-0.05, 0) is 44.1 Å². The number of benzene rings is 1. The molecule has 20 heavy (non-hydrogen) atoms. The smallest absolute Gasteiger partial charge is 0.258 e. The Bertz CT molecular complexity index is 620. The summed E-state index contributed by atoms with van der Waals surface area (Å²) >= 11 is 0. The quantitative estimate of drug-likeness (QED) is 0.901. The maximum Gasteiger partial charge on any atom is 0.258 e. The van der Waals surface area contributed by atoms with Gasteiger partial charge in [0.25, 0.3) is 5.89 Å². The van der Waals surface area contributed by atoms with Gasteiger partial charge in [0.15, 0.2) is 17.3 Å². The van der Waals surface area contributed by atoms with Gasteiger partial charge in [0.05, 0.1) is 0 Å². The predicted octanol–water partition coefficient (Wildman–Crippen LogP) is 1.93. The number of nitrogens with one attached hydrogen (secondary N) is 1. The Kier molecular flexibility index (Phi) is 2.81. The van der Waals surface area contributed by atoms with E-state index in [1.807, 2.05) is 18.2 Å². The fraction of sp³-hybridized carbons (Fsp3) is 0.429. The molecule has 2 aliphatic rings. The van der Waals surface area contributed by atoms with Gasteiger partial charge in [-0.3, -0.25) is 0 Å². The molecule has 1 fully saturated rings. The van der Waals surface area contributed by atoms with Crippen molar-refractivity contribution in [3.8, 4) is 23.0 Å². The molecule has 1 saturated heterocycles. The summed E-state index contributed by atoms with van der Waals surface area (Å²) in [6, 6.07) is 5.65. The minimum atomic E-state index is 0.267. The average molecular weight is 273 g/mol. The Hall–Kier alpha value is -2.08. The summed E-state index contributed by atoms with van der Waals surface area (Å²) in [6.07, 6.45) is 2.11. The highest BCUT2D eigenvalue weighted by atomic mass is 16.7. The van der Waals surface area contributed by atoms with Crippen molar-refractivity contribution >= 4 is 0 Å². The van der Waals surface area contributed by atoms with Crippen molar-refractivity contribution in [1.29, 1.82) is 0 Å². The molecule has 6 heteroatoms. The Morgan fingerprint density at radius 3 is 2.85 bits per heavy atom. The second kappa shape index (κ2) is 4.79. The van der Waals surface area contributed by atoms with Gasteiger partial charge < -0.3 is 19.3 Å². The van der Waals surface area contributed by atoms with E-state index < -0.39 is 0 Å². The van der Waals surface area contributed by atoms with Crippen LogP contribution in [0.25, 0.3) is 11.5 Å². The van der Waals surface area contributed by atoms with Gasteiger partial charge in [0.2, 0.25) is 6.79 Å². The Morgan fingerprint density at radius 1 is 1.10 bits per heavy atom. The predicted molar refractivity (Wildman–Crippen MR) is 70.7 cm³/mol. The van der Waals surface area contributed by atoms with E-state index in [0.29, 0.717) is 11.8 Å². The van der Waals surface area contributed by atoms with Gasteiger partial charge >= 0.3 is 0 Å². The maximum atomic E-state index is 5.39. The molecule has 2 aliphatic heterocycles. The van der Waals surface area contributed by atoms with Gasteiger partial charge in [-0.1, -0.05) is 5.16 Å². The first-order valence-electron chi connectivity index (χ1n) is 6.84. The number of hydrogen-bond donors (Lipinski definition) is 1. The SMILES string of the molecule is c1cc2c(cc1-c1nc(C3CCNCC3)no1)OCO2. The van der Waals surface area contributed by atoms with Crippen LogP contribution in [0.5, 0.6) is 11.5 Å². The minimum absolute atomic E-state index is 0.267. The van der Waals surface area contributed by atoms with Crippen LogP contribution in [0.15, 0.2) is 22.7 Å². The molecule has 0 amide bonds. The van der Waals surface area contributed by atoms with Crippen LogP contribution in [0, 0.1) is 0 Å². The van der Waals surface area contributed by atoms with Crippen LogP contribution >= 0.6 is 0 Å². The number of fused-ring (bicyclic) bond motifs is 1. The van der Waals surface area contributed by atoms with Crippen molar-refractivity contribution in [3.63, 3.8) is 0 Å². The number of rotatable bonds is 2. The molecule has 0 aliphatic carbocycles. The molecule has 1 N–H and O–H groups in total. The molecule has 1 aromatic heterocycles. The molecule has 0 bridgehead atoms. The maximum absolute atomic E-state index is 5.39. The molecule has 0 radical (unpaired) electrons. The molecule has 6 nitrogen and oxygen atoms in total. The summed E-state index contributed by atoms with van der Waals surface area (Å²) in [5.41, 5.74) is 0.863. The Morgan fingerprint density at radius 2 is 1.95 bits per heavy atom. The lowest BCUT2D eigenvalue weighted by molar-refractivity contribution is 0.174. The molecule has 0 unspecified atom stereocenters. The highest BCUT2D eigenvalue weighted by molar-refractivity contribution is 5.60. The van der Waals surface area contributed by atoms with E-state index in [0.717, 1.165) is 48.8 Å². The lowest BCUT2D eigenvalue weighted by Gasteiger charge is -2.18. The number of nitrogens with zero attached hydrogens (tertiary/aromatic N) is 2. The fourth-order valence-electron chi connectivity index (χ4n) is 2.63. The third-order valence-electron chi connectivity index (χ3n) is 3.77. The topological polar surface area (TPSA) is 69.4 Å². The molecule has 4 rings (SSSR count). The van der Waals surface area contributed by atoms with Crippen LogP contribution in [-0.4, -0.2) is 30.0 Å². The average Bonchev–Trinajstić information content (AvgIpc) is 3.16. The van der Waals surface area contributed by atoms with E-state index >= 15 is 0 Å². The molecular weight excluding hydrogens is 258 g/mol. The monoisotopic (exact) mass is 273 g/mol. The first-order valence-corrected chi connectivity index (χ1v) is 6.84. The zero-order valence-corrected chi connectivity index (χ0v) is 11.0. The molecular formula is C14H15N3O3. The molecule has 2 aromatic rings. The summed E-state index contributed by atoms with van der Waals surface area (Å²) in [6.45, 7) is 2.29. The standard InChI is InChI=1S/C14H15N3O3/c1-2-11-12(19-8-18-11)7-10(1)14-16-13(17-20-14)9-3-5-15-6-4-9/h1-2,7,9,15H,3-6,8H2. The van der Waals surface area contributed by atoms with E-state index in [-0.39, 0.29) is 6.79 Å². The van der Waals surface area contributed by atoms with Crippen molar-refractivity contribution < 1.29 is 14.0 Å². The molecule has 3 heterocycles. The normalized spacial score (nSPS) is 18.4. The number of piperidine rings is 1. The Balaban J connectivity index is 1.61. The van der Waals surface area contributed by atoms with Crippen molar-refractivity contribution in [2.75, 3.05) is 19.9 Å². The highest BCUT2D eigenvalue weighted by Crippen LogP contribution is 2.35. The zero-order chi connectivity index (χ0) is 13.4. The van der Waals surface area contributed by atoms with E-state index in [9.17, 15) is 0 Å². The molecule has 0 atom stereocenters. The molecule has 0 spiro atoms. The van der Waals surface area contributed by atoms with Crippen LogP contribution in [0.4, 0.5) is 0 Å². The molecule has 0 saturated carbocycles. The summed E-state index contributed by atoms with van der Waals surface area (Å²) < 4.78 is 16.0. The van der Waals surface area contributed by atoms with Gasteiger partial charge in [-0.2, -0.15) is 4.98 Å². The lowest BCUT2D eigenvalue weighted by Crippen LogP contribution is -2.27. The van der Waals surface area contributed by atoms with Crippen LogP contribution in [0.1, 0.15) is 24.6 Å². The largest absolute Gasteiger partial charge is 0.454 e. The summed E-state index contributed by atoms with van der Waals surface area (Å²) in [4.78, 5) is 4.53. The zero-order valence-electron chi connectivity index (χ0n) is 11.0. The van der Waals surface area contributed by atoms with E-state index in [2.05, 4.69) is 15.5 Å². The lowest BCUT2D eigenvalue weighted by atomic mass is 9.98. The first kappa shape index (κ1) is 11.7. The van der Waals surface area contributed by atoms with Crippen LogP contribution in [0.3, 0.4) is 0 Å². The van der Waals surface area contributed by atoms with Gasteiger partial charge in [0.1, 0.15) is 0 Å². The van der Waals surface area contributed by atoms with Crippen LogP contribution in [0.2, 0.25) is 0 Å². The van der Waals surface area contributed by atoms with Crippen LogP contribution in [-0.2, 0) is 0 Å². The van der Waals surface area contributed by atoms with Crippen molar-refractivity contribution in [3.05, 3.63) is 24.0 Å². The van der Waals surface area contributed by atoms with Gasteiger partial charge in [0, 0.05) is 11.5 Å². The molecule has 104 valence electrons. The number of ether oxygens (including phenoxy) is 2.